The Kier molecular flexibility index (Phi) is 3.15. The minimum Gasteiger partial charge on any atom is -0.302 e. The van der Waals surface area contributed by atoms with Gasteiger partial charge in [-0.05, 0) is 23.3 Å². The Morgan fingerprint density at radius 3 is 2.67 bits per heavy atom. The minimum absolute atomic E-state index is 0.276. The van der Waals surface area contributed by atoms with E-state index in [9.17, 15) is 0 Å². The molecule has 0 bridgehead atoms. The average Bonchev–Trinajstić information content (AvgIpc) is 2.89. The fourth-order valence-electron chi connectivity index (χ4n) is 2.17. The molecule has 0 aliphatic carbocycles. The van der Waals surface area contributed by atoms with Gasteiger partial charge in [-0.25, -0.2) is 0 Å². The summed E-state index contributed by atoms with van der Waals surface area (Å²) in [5.74, 6) is 0. The van der Waals surface area contributed by atoms with Crippen LogP contribution in [0.25, 0.3) is 0 Å². The molecule has 1 N–H and O–H groups in total. The second-order valence-corrected chi connectivity index (χ2v) is 5.28. The molecular formula is C15H13BrN2. The van der Waals surface area contributed by atoms with Crippen molar-refractivity contribution in [1.82, 2.24) is 5.43 Å². The molecule has 1 atom stereocenters. The van der Waals surface area contributed by atoms with Gasteiger partial charge < -0.3 is 5.43 Å². The molecule has 90 valence electrons. The van der Waals surface area contributed by atoms with E-state index in [-0.39, 0.29) is 6.04 Å². The summed E-state index contributed by atoms with van der Waals surface area (Å²) >= 11 is 3.50. The lowest BCUT2D eigenvalue weighted by Gasteiger charge is -2.10. The summed E-state index contributed by atoms with van der Waals surface area (Å²) in [4.78, 5) is 0. The molecule has 2 aromatic rings. The van der Waals surface area contributed by atoms with E-state index < -0.39 is 0 Å². The summed E-state index contributed by atoms with van der Waals surface area (Å²) in [6.45, 7) is 0. The van der Waals surface area contributed by atoms with Crippen molar-refractivity contribution in [3.63, 3.8) is 0 Å². The standard InChI is InChI=1S/C15H13BrN2/c16-13-8-4-7-12(9-13)15-10-14(17-18-15)11-5-2-1-3-6-11/h1-9,15,18H,10H2/t15-/m1/s1. The zero-order valence-corrected chi connectivity index (χ0v) is 11.4. The lowest BCUT2D eigenvalue weighted by Crippen LogP contribution is -2.09. The van der Waals surface area contributed by atoms with Crippen LogP contribution in [0.15, 0.2) is 64.2 Å². The van der Waals surface area contributed by atoms with E-state index in [1.165, 1.54) is 11.1 Å². The molecule has 0 radical (unpaired) electrons. The van der Waals surface area contributed by atoms with Gasteiger partial charge in [0.1, 0.15) is 0 Å². The fourth-order valence-corrected chi connectivity index (χ4v) is 2.59. The summed E-state index contributed by atoms with van der Waals surface area (Å²) in [6.07, 6.45) is 0.931. The molecule has 0 aromatic heterocycles. The van der Waals surface area contributed by atoms with Crippen molar-refractivity contribution in [2.45, 2.75) is 12.5 Å². The zero-order valence-electron chi connectivity index (χ0n) is 9.81. The third-order valence-corrected chi connectivity index (χ3v) is 3.60. The largest absolute Gasteiger partial charge is 0.302 e. The van der Waals surface area contributed by atoms with Crippen molar-refractivity contribution in [2.75, 3.05) is 0 Å². The molecule has 0 saturated heterocycles. The van der Waals surface area contributed by atoms with Crippen molar-refractivity contribution >= 4 is 21.6 Å². The normalized spacial score (nSPS) is 18.3. The maximum absolute atomic E-state index is 4.44. The third-order valence-electron chi connectivity index (χ3n) is 3.11. The Morgan fingerprint density at radius 2 is 1.89 bits per heavy atom. The highest BCUT2D eigenvalue weighted by Gasteiger charge is 2.20. The molecular weight excluding hydrogens is 288 g/mol. The first-order chi connectivity index (χ1) is 8.83. The third kappa shape index (κ3) is 2.31. The highest BCUT2D eigenvalue weighted by Crippen LogP contribution is 2.26. The SMILES string of the molecule is Brc1cccc([C@H]2CC(c3ccccc3)=NN2)c1. The van der Waals surface area contributed by atoms with Crippen molar-refractivity contribution in [3.05, 3.63) is 70.2 Å². The van der Waals surface area contributed by atoms with Crippen LogP contribution in [-0.4, -0.2) is 5.71 Å². The number of nitrogens with one attached hydrogen (secondary N) is 1. The first-order valence-electron chi connectivity index (χ1n) is 5.96. The number of hydrogen-bond donors (Lipinski definition) is 1. The molecule has 3 rings (SSSR count). The predicted molar refractivity (Wildman–Crippen MR) is 77.6 cm³/mol. The number of benzene rings is 2. The van der Waals surface area contributed by atoms with Crippen LogP contribution in [0.3, 0.4) is 0 Å². The van der Waals surface area contributed by atoms with E-state index in [1.807, 2.05) is 24.3 Å². The van der Waals surface area contributed by atoms with Crippen LogP contribution in [-0.2, 0) is 0 Å². The second-order valence-electron chi connectivity index (χ2n) is 4.37. The summed E-state index contributed by atoms with van der Waals surface area (Å²) in [5, 5.41) is 4.44. The molecule has 3 heteroatoms. The van der Waals surface area contributed by atoms with E-state index >= 15 is 0 Å². The van der Waals surface area contributed by atoms with E-state index in [4.69, 9.17) is 0 Å². The van der Waals surface area contributed by atoms with Crippen molar-refractivity contribution in [3.8, 4) is 0 Å². The quantitative estimate of drug-likeness (QED) is 0.894. The molecule has 18 heavy (non-hydrogen) atoms. The van der Waals surface area contributed by atoms with Gasteiger partial charge in [-0.2, -0.15) is 5.10 Å². The van der Waals surface area contributed by atoms with Crippen LogP contribution in [0.4, 0.5) is 0 Å². The first kappa shape index (κ1) is 11.5. The second kappa shape index (κ2) is 4.94. The zero-order chi connectivity index (χ0) is 12.4. The Labute approximate surface area is 115 Å². The van der Waals surface area contributed by atoms with Crippen LogP contribution in [0.1, 0.15) is 23.6 Å². The van der Waals surface area contributed by atoms with Gasteiger partial charge in [-0.3, -0.25) is 0 Å². The van der Waals surface area contributed by atoms with Crippen LogP contribution >= 0.6 is 15.9 Å². The van der Waals surface area contributed by atoms with E-state index in [2.05, 4.69) is 56.8 Å². The van der Waals surface area contributed by atoms with Crippen molar-refractivity contribution in [2.24, 2.45) is 5.10 Å². The molecule has 0 unspecified atom stereocenters. The number of nitrogens with zero attached hydrogens (tertiary/aromatic N) is 1. The first-order valence-corrected chi connectivity index (χ1v) is 6.75. The number of rotatable bonds is 2. The summed E-state index contributed by atoms with van der Waals surface area (Å²) in [7, 11) is 0. The Morgan fingerprint density at radius 1 is 1.06 bits per heavy atom. The van der Waals surface area contributed by atoms with Gasteiger partial charge in [0.05, 0.1) is 11.8 Å². The highest BCUT2D eigenvalue weighted by atomic mass is 79.9. The molecule has 2 aromatic carbocycles. The average molecular weight is 301 g/mol. The Bertz CT molecular complexity index is 578. The lowest BCUT2D eigenvalue weighted by atomic mass is 9.99. The molecule has 1 heterocycles. The Hall–Kier alpha value is -1.61. The van der Waals surface area contributed by atoms with Gasteiger partial charge in [0.25, 0.3) is 0 Å². The van der Waals surface area contributed by atoms with Crippen LogP contribution in [0, 0.1) is 0 Å². The lowest BCUT2D eigenvalue weighted by molar-refractivity contribution is 0.620. The van der Waals surface area contributed by atoms with E-state index in [0.717, 1.165) is 16.6 Å². The predicted octanol–water partition coefficient (Wildman–Crippen LogP) is 3.89. The highest BCUT2D eigenvalue weighted by molar-refractivity contribution is 9.10. The van der Waals surface area contributed by atoms with Crippen LogP contribution in [0.2, 0.25) is 0 Å². The maximum Gasteiger partial charge on any atom is 0.0746 e. The molecule has 0 spiro atoms. The summed E-state index contributed by atoms with van der Waals surface area (Å²) in [6, 6.07) is 19.0. The molecule has 0 saturated carbocycles. The molecule has 1 aliphatic heterocycles. The number of hydrazone groups is 1. The van der Waals surface area contributed by atoms with Crippen molar-refractivity contribution < 1.29 is 0 Å². The van der Waals surface area contributed by atoms with Crippen molar-refractivity contribution in [1.29, 1.82) is 0 Å². The van der Waals surface area contributed by atoms with Crippen LogP contribution in [0.5, 0.6) is 0 Å². The van der Waals surface area contributed by atoms with Gasteiger partial charge in [-0.1, -0.05) is 58.4 Å². The summed E-state index contributed by atoms with van der Waals surface area (Å²) in [5.41, 5.74) is 6.80. The van der Waals surface area contributed by atoms with E-state index in [0.29, 0.717) is 0 Å². The maximum atomic E-state index is 4.44. The Balaban J connectivity index is 1.79. The molecule has 0 amide bonds. The van der Waals surface area contributed by atoms with Gasteiger partial charge >= 0.3 is 0 Å². The smallest absolute Gasteiger partial charge is 0.0746 e. The molecule has 1 aliphatic rings. The molecule has 2 nitrogen and oxygen atoms in total. The van der Waals surface area contributed by atoms with Gasteiger partial charge in [0, 0.05) is 10.9 Å². The van der Waals surface area contributed by atoms with Gasteiger partial charge in [0.2, 0.25) is 0 Å². The fraction of sp³-hybridized carbons (Fsp3) is 0.133. The minimum atomic E-state index is 0.276. The van der Waals surface area contributed by atoms with Crippen LogP contribution < -0.4 is 5.43 Å². The topological polar surface area (TPSA) is 24.4 Å². The van der Waals surface area contributed by atoms with E-state index in [1.54, 1.807) is 0 Å². The van der Waals surface area contributed by atoms with Gasteiger partial charge in [0.15, 0.2) is 0 Å². The summed E-state index contributed by atoms with van der Waals surface area (Å²) < 4.78 is 1.11. The molecule has 0 fully saturated rings. The van der Waals surface area contributed by atoms with Gasteiger partial charge in [-0.15, -0.1) is 0 Å². The number of hydrogen-bond acceptors (Lipinski definition) is 2. The number of halogens is 1. The monoisotopic (exact) mass is 300 g/mol.